The van der Waals surface area contributed by atoms with Gasteiger partial charge in [-0.3, -0.25) is 4.79 Å². The fourth-order valence-corrected chi connectivity index (χ4v) is 5.86. The molecule has 0 radical (unpaired) electrons. The molecule has 4 aliphatic rings. The number of ether oxygens (including phenoxy) is 1. The zero-order valence-electron chi connectivity index (χ0n) is 12.2. The van der Waals surface area contributed by atoms with E-state index in [-0.39, 0.29) is 22.9 Å². The van der Waals surface area contributed by atoms with Crippen molar-refractivity contribution in [2.45, 2.75) is 56.9 Å². The van der Waals surface area contributed by atoms with E-state index in [1.807, 2.05) is 6.92 Å². The van der Waals surface area contributed by atoms with Crippen molar-refractivity contribution in [3.63, 3.8) is 0 Å². The van der Waals surface area contributed by atoms with E-state index in [0.29, 0.717) is 17.5 Å². The Bertz CT molecular complexity index is 568. The van der Waals surface area contributed by atoms with Crippen LogP contribution in [0.4, 0.5) is 0 Å². The van der Waals surface area contributed by atoms with Crippen LogP contribution < -0.4 is 0 Å². The predicted molar refractivity (Wildman–Crippen MR) is 76.7 cm³/mol. The molecule has 0 aromatic carbocycles. The van der Waals surface area contributed by atoms with E-state index in [0.717, 1.165) is 37.9 Å². The van der Waals surface area contributed by atoms with Gasteiger partial charge in [0.1, 0.15) is 18.1 Å². The van der Waals surface area contributed by atoms with Crippen LogP contribution in [0.2, 0.25) is 0 Å². The van der Waals surface area contributed by atoms with Crippen molar-refractivity contribution in [2.24, 2.45) is 17.3 Å². The van der Waals surface area contributed by atoms with Gasteiger partial charge >= 0.3 is 5.97 Å². The molecule has 0 saturated heterocycles. The number of hydrogen-bond donors (Lipinski definition) is 0. The third kappa shape index (κ3) is 2.28. The number of rotatable bonds is 3. The van der Waals surface area contributed by atoms with E-state index in [1.165, 1.54) is 6.42 Å². The molecule has 4 saturated carbocycles. The predicted octanol–water partition coefficient (Wildman–Crippen LogP) is 3.60. The highest BCUT2D eigenvalue weighted by Gasteiger charge is 2.60. The van der Waals surface area contributed by atoms with Crippen molar-refractivity contribution in [2.75, 3.05) is 0 Å². The summed E-state index contributed by atoms with van der Waals surface area (Å²) in [6, 6.07) is 1.80. The average molecular weight is 310 g/mol. The normalized spacial score (nSPS) is 40.5. The molecular weight excluding hydrogens is 290 g/mol. The summed E-state index contributed by atoms with van der Waals surface area (Å²) in [5.41, 5.74) is 0.330. The first-order valence-electron chi connectivity index (χ1n) is 7.75. The molecule has 5 rings (SSSR count). The van der Waals surface area contributed by atoms with Gasteiger partial charge in [0.25, 0.3) is 0 Å². The molecule has 5 heteroatoms. The van der Waals surface area contributed by atoms with E-state index in [9.17, 15) is 4.79 Å². The minimum Gasteiger partial charge on any atom is -0.459 e. The van der Waals surface area contributed by atoms with Gasteiger partial charge in [0.05, 0.1) is 5.41 Å². The van der Waals surface area contributed by atoms with Crippen molar-refractivity contribution in [1.82, 2.24) is 5.16 Å². The topological polar surface area (TPSA) is 52.3 Å². The lowest BCUT2D eigenvalue weighted by molar-refractivity contribution is -0.171. The molecule has 114 valence electrons. The van der Waals surface area contributed by atoms with Crippen LogP contribution in [0.1, 0.15) is 50.0 Å². The fourth-order valence-electron chi connectivity index (χ4n) is 5.17. The highest BCUT2D eigenvalue weighted by Crippen LogP contribution is 2.64. The van der Waals surface area contributed by atoms with Gasteiger partial charge in [0.15, 0.2) is 0 Å². The fraction of sp³-hybridized carbons (Fsp3) is 0.750. The van der Waals surface area contributed by atoms with Crippen LogP contribution in [0.5, 0.6) is 0 Å². The Balaban J connectivity index is 1.49. The number of alkyl halides is 1. The van der Waals surface area contributed by atoms with Gasteiger partial charge in [-0.1, -0.05) is 5.16 Å². The lowest BCUT2D eigenvalue weighted by atomic mass is 9.49. The summed E-state index contributed by atoms with van der Waals surface area (Å²) in [6.45, 7) is 2.02. The molecular formula is C16H20ClNO3. The monoisotopic (exact) mass is 309 g/mol. The summed E-state index contributed by atoms with van der Waals surface area (Å²) in [4.78, 5) is 12.5. The van der Waals surface area contributed by atoms with Crippen molar-refractivity contribution in [1.29, 1.82) is 0 Å². The Kier molecular flexibility index (Phi) is 2.91. The molecule has 0 spiro atoms. The van der Waals surface area contributed by atoms with Gasteiger partial charge < -0.3 is 9.26 Å². The number of aryl methyl sites for hydroxylation is 1. The highest BCUT2D eigenvalue weighted by atomic mass is 35.5. The van der Waals surface area contributed by atoms with Gasteiger partial charge in [-0.05, 0) is 57.3 Å². The second-order valence-corrected chi connectivity index (χ2v) is 8.20. The third-order valence-corrected chi connectivity index (χ3v) is 5.89. The molecule has 1 heterocycles. The zero-order chi connectivity index (χ0) is 14.7. The summed E-state index contributed by atoms with van der Waals surface area (Å²) < 4.78 is 10.6. The number of carbonyl (C=O) groups excluding carboxylic acids is 1. The lowest BCUT2D eigenvalue weighted by Gasteiger charge is -2.58. The number of nitrogens with zero attached hydrogens (tertiary/aromatic N) is 1. The first-order valence-corrected chi connectivity index (χ1v) is 8.13. The van der Waals surface area contributed by atoms with E-state index < -0.39 is 0 Å². The minimum absolute atomic E-state index is 0.0812. The smallest absolute Gasteiger partial charge is 0.312 e. The molecule has 4 nitrogen and oxygen atoms in total. The maximum Gasteiger partial charge on any atom is 0.312 e. The van der Waals surface area contributed by atoms with Gasteiger partial charge in [-0.25, -0.2) is 0 Å². The number of aromatic nitrogens is 1. The molecule has 2 unspecified atom stereocenters. The van der Waals surface area contributed by atoms with Crippen LogP contribution >= 0.6 is 11.6 Å². The van der Waals surface area contributed by atoms with E-state index in [2.05, 4.69) is 5.16 Å². The molecule has 0 amide bonds. The molecule has 4 atom stereocenters. The Hall–Kier alpha value is -1.03. The van der Waals surface area contributed by atoms with E-state index >= 15 is 0 Å². The second kappa shape index (κ2) is 4.48. The standard InChI is InChI=1S/C16H20ClNO3/c1-10-2-13(18-21-10)8-20-14(19)15-4-11-3-12(5-15)7-16(17,6-11)9-15/h2,11-12H,3-9H2,1H3/t11-,12+,15?,16?. The van der Waals surface area contributed by atoms with Crippen LogP contribution in [-0.4, -0.2) is 16.0 Å². The molecule has 0 N–H and O–H groups in total. The van der Waals surface area contributed by atoms with Gasteiger partial charge in [0.2, 0.25) is 0 Å². The average Bonchev–Trinajstić information content (AvgIpc) is 2.79. The Morgan fingerprint density at radius 3 is 2.71 bits per heavy atom. The van der Waals surface area contributed by atoms with Crippen molar-refractivity contribution in [3.05, 3.63) is 17.5 Å². The minimum atomic E-state index is -0.343. The van der Waals surface area contributed by atoms with Crippen molar-refractivity contribution in [3.8, 4) is 0 Å². The summed E-state index contributed by atoms with van der Waals surface area (Å²) in [7, 11) is 0. The number of esters is 1. The zero-order valence-corrected chi connectivity index (χ0v) is 13.0. The summed E-state index contributed by atoms with van der Waals surface area (Å²) in [5, 5.41) is 3.87. The molecule has 4 bridgehead atoms. The molecule has 0 aliphatic heterocycles. The number of halogens is 1. The first-order chi connectivity index (χ1) is 9.96. The highest BCUT2D eigenvalue weighted by molar-refractivity contribution is 6.24. The number of hydrogen-bond acceptors (Lipinski definition) is 4. The third-order valence-electron chi connectivity index (χ3n) is 5.45. The molecule has 21 heavy (non-hydrogen) atoms. The lowest BCUT2D eigenvalue weighted by Crippen LogP contribution is -2.56. The SMILES string of the molecule is Cc1cc(COC(=O)C23C[C@@H]4C[C@@H](CC(Cl)(C4)C2)C3)no1. The van der Waals surface area contributed by atoms with Crippen molar-refractivity contribution >= 4 is 17.6 Å². The Morgan fingerprint density at radius 2 is 2.14 bits per heavy atom. The van der Waals surface area contributed by atoms with Gasteiger partial charge in [-0.2, -0.15) is 0 Å². The van der Waals surface area contributed by atoms with Crippen molar-refractivity contribution < 1.29 is 14.1 Å². The van der Waals surface area contributed by atoms with E-state index in [1.54, 1.807) is 6.07 Å². The maximum absolute atomic E-state index is 12.7. The molecule has 1 aromatic rings. The summed E-state index contributed by atoms with van der Waals surface area (Å²) in [5.74, 6) is 1.86. The Morgan fingerprint density at radius 1 is 1.43 bits per heavy atom. The van der Waals surface area contributed by atoms with Gasteiger partial charge in [0, 0.05) is 10.9 Å². The molecule has 1 aromatic heterocycles. The molecule has 4 fully saturated rings. The largest absolute Gasteiger partial charge is 0.459 e. The van der Waals surface area contributed by atoms with Crippen LogP contribution in [0, 0.1) is 24.2 Å². The van der Waals surface area contributed by atoms with Crippen LogP contribution in [0.3, 0.4) is 0 Å². The summed E-state index contributed by atoms with van der Waals surface area (Å²) in [6.07, 6.45) is 6.08. The van der Waals surface area contributed by atoms with Crippen LogP contribution in [-0.2, 0) is 16.1 Å². The maximum atomic E-state index is 12.7. The second-order valence-electron chi connectivity index (χ2n) is 7.40. The van der Waals surface area contributed by atoms with Crippen LogP contribution in [0.25, 0.3) is 0 Å². The Labute approximate surface area is 129 Å². The number of carbonyl (C=O) groups is 1. The molecule has 4 aliphatic carbocycles. The van der Waals surface area contributed by atoms with Crippen LogP contribution in [0.15, 0.2) is 10.6 Å². The quantitative estimate of drug-likeness (QED) is 0.632. The first kappa shape index (κ1) is 13.6. The van der Waals surface area contributed by atoms with E-state index in [4.69, 9.17) is 20.9 Å². The summed E-state index contributed by atoms with van der Waals surface area (Å²) >= 11 is 6.75. The van der Waals surface area contributed by atoms with Gasteiger partial charge in [-0.15, -0.1) is 11.6 Å².